The number of benzene rings is 1. The molecule has 2 unspecified atom stereocenters. The number of imide groups is 1. The van der Waals surface area contributed by atoms with Crippen LogP contribution in [0.25, 0.3) is 15.9 Å². The molecule has 172 valence electrons. The molecule has 0 N–H and O–H groups in total. The fourth-order valence-electron chi connectivity index (χ4n) is 4.08. The fourth-order valence-corrected chi connectivity index (χ4v) is 5.74. The molecule has 2 aliphatic rings. The Bertz CT molecular complexity index is 1440. The Hall–Kier alpha value is -3.56. The Morgan fingerprint density at radius 1 is 1.24 bits per heavy atom. The van der Waals surface area contributed by atoms with E-state index in [9.17, 15) is 18.4 Å². The molecule has 9 nitrogen and oxygen atoms in total. The maximum Gasteiger partial charge on any atom is 0.332 e. The maximum absolute atomic E-state index is 13.9. The average Bonchev–Trinajstić information content (AvgIpc) is 3.41. The fraction of sp³-hybridized carbons (Fsp3) is 0.238. The summed E-state index contributed by atoms with van der Waals surface area (Å²) in [4.78, 5) is 34.1. The van der Waals surface area contributed by atoms with Gasteiger partial charge >= 0.3 is 6.03 Å². The van der Waals surface area contributed by atoms with Crippen molar-refractivity contribution in [3.8, 4) is 6.07 Å². The summed E-state index contributed by atoms with van der Waals surface area (Å²) >= 11 is 7.25. The van der Waals surface area contributed by atoms with Gasteiger partial charge in [0.1, 0.15) is 16.3 Å². The molecule has 2 atom stereocenters. The molecule has 2 aromatic heterocycles. The lowest BCUT2D eigenvalue weighted by Gasteiger charge is -2.40. The van der Waals surface area contributed by atoms with Gasteiger partial charge in [0.15, 0.2) is 11.6 Å². The zero-order valence-electron chi connectivity index (χ0n) is 17.4. The normalized spacial score (nSPS) is 20.0. The molecule has 13 heteroatoms. The number of aromatic nitrogens is 4. The van der Waals surface area contributed by atoms with Crippen molar-refractivity contribution in [2.75, 3.05) is 11.4 Å². The first-order valence-corrected chi connectivity index (χ1v) is 11.3. The van der Waals surface area contributed by atoms with E-state index in [1.54, 1.807) is 13.1 Å². The second-order valence-electron chi connectivity index (χ2n) is 7.60. The molecule has 2 aliphatic heterocycles. The van der Waals surface area contributed by atoms with Crippen molar-refractivity contribution < 1.29 is 18.4 Å². The van der Waals surface area contributed by atoms with Gasteiger partial charge in [0, 0.05) is 24.1 Å². The second-order valence-corrected chi connectivity index (χ2v) is 9.19. The van der Waals surface area contributed by atoms with Crippen molar-refractivity contribution in [1.82, 2.24) is 24.9 Å². The van der Waals surface area contributed by atoms with Crippen molar-refractivity contribution in [1.29, 1.82) is 5.26 Å². The number of pyridine rings is 1. The summed E-state index contributed by atoms with van der Waals surface area (Å²) < 4.78 is 29.0. The summed E-state index contributed by atoms with van der Waals surface area (Å²) in [5.74, 6) is -2.69. The van der Waals surface area contributed by atoms with E-state index in [0.29, 0.717) is 15.9 Å². The summed E-state index contributed by atoms with van der Waals surface area (Å²) in [7, 11) is 1.63. The van der Waals surface area contributed by atoms with E-state index in [4.69, 9.17) is 16.9 Å². The number of amides is 3. The number of carbonyl (C=O) groups excluding carboxylic acids is 2. The molecule has 0 aliphatic carbocycles. The van der Waals surface area contributed by atoms with Crippen molar-refractivity contribution in [3.63, 3.8) is 0 Å². The molecular weight excluding hydrogens is 488 g/mol. The molecule has 4 heterocycles. The van der Waals surface area contributed by atoms with Gasteiger partial charge in [-0.05, 0) is 18.2 Å². The van der Waals surface area contributed by atoms with Gasteiger partial charge in [-0.3, -0.25) is 9.78 Å². The van der Waals surface area contributed by atoms with Crippen LogP contribution in [0.4, 0.5) is 19.3 Å². The second kappa shape index (κ2) is 8.34. The highest BCUT2D eigenvalue weighted by Gasteiger charge is 2.50. The Morgan fingerprint density at radius 3 is 2.76 bits per heavy atom. The number of rotatable bonds is 4. The lowest BCUT2D eigenvalue weighted by molar-refractivity contribution is -0.119. The number of fused-ring (bicyclic) bond motifs is 2. The number of thioether (sulfide) groups is 1. The van der Waals surface area contributed by atoms with Gasteiger partial charge in [0.2, 0.25) is 0 Å². The highest BCUT2D eigenvalue weighted by atomic mass is 35.5. The Labute approximate surface area is 200 Å². The Kier molecular flexibility index (Phi) is 5.45. The molecule has 1 fully saturated rings. The van der Waals surface area contributed by atoms with Gasteiger partial charge in [-0.25, -0.2) is 23.2 Å². The molecule has 0 saturated carbocycles. The van der Waals surface area contributed by atoms with Crippen molar-refractivity contribution in [2.24, 2.45) is 7.05 Å². The van der Waals surface area contributed by atoms with Crippen LogP contribution in [0.1, 0.15) is 12.0 Å². The first-order chi connectivity index (χ1) is 16.3. The van der Waals surface area contributed by atoms with Crippen molar-refractivity contribution in [3.05, 3.63) is 52.8 Å². The topological polar surface area (TPSA) is 108 Å². The third-order valence-electron chi connectivity index (χ3n) is 5.62. The van der Waals surface area contributed by atoms with Gasteiger partial charge in [0.25, 0.3) is 5.91 Å². The number of anilines is 1. The summed E-state index contributed by atoms with van der Waals surface area (Å²) in [6, 6.07) is 2.50. The summed E-state index contributed by atoms with van der Waals surface area (Å²) in [5, 5.41) is 16.2. The lowest BCUT2D eigenvalue weighted by atomic mass is 10.0. The Balaban J connectivity index is 1.60. The zero-order valence-corrected chi connectivity index (χ0v) is 19.0. The standard InChI is InChI=1S/C21H14ClF2N7O2S/c1-29-18-14(27-28-29)8-26-9-16(18)31-20(32)19-15(30(21(31)33)4-2-3-25)7-17(34-19)10-5-12(23)13(24)6-11(10)22/h5-9,15,19H,2,4H2,1H3. The Morgan fingerprint density at radius 2 is 2.00 bits per heavy atom. The first kappa shape index (κ1) is 22.2. The van der Waals surface area contributed by atoms with Gasteiger partial charge in [-0.1, -0.05) is 16.8 Å². The minimum Gasteiger partial charge on any atom is -0.315 e. The number of hydrogen-bond acceptors (Lipinski definition) is 7. The van der Waals surface area contributed by atoms with Gasteiger partial charge in [-0.2, -0.15) is 5.26 Å². The molecule has 1 aromatic carbocycles. The predicted molar refractivity (Wildman–Crippen MR) is 121 cm³/mol. The van der Waals surface area contributed by atoms with Gasteiger partial charge < -0.3 is 4.90 Å². The van der Waals surface area contributed by atoms with Crippen LogP contribution in [-0.2, 0) is 11.8 Å². The number of urea groups is 1. The smallest absolute Gasteiger partial charge is 0.315 e. The van der Waals surface area contributed by atoms with E-state index < -0.39 is 34.9 Å². The van der Waals surface area contributed by atoms with Crippen LogP contribution in [0.2, 0.25) is 5.02 Å². The highest BCUT2D eigenvalue weighted by molar-refractivity contribution is 8.09. The van der Waals surface area contributed by atoms with Crippen LogP contribution in [0.5, 0.6) is 0 Å². The molecule has 0 radical (unpaired) electrons. The van der Waals surface area contributed by atoms with Crippen molar-refractivity contribution >= 4 is 56.9 Å². The van der Waals surface area contributed by atoms with Crippen molar-refractivity contribution in [2.45, 2.75) is 17.7 Å². The third-order valence-corrected chi connectivity index (χ3v) is 7.27. The summed E-state index contributed by atoms with van der Waals surface area (Å²) in [6.45, 7) is 0.0587. The summed E-state index contributed by atoms with van der Waals surface area (Å²) in [5.41, 5.74) is 1.26. The predicted octanol–water partition coefficient (Wildman–Crippen LogP) is 3.50. The maximum atomic E-state index is 13.9. The molecule has 3 amide bonds. The van der Waals surface area contributed by atoms with E-state index in [0.717, 1.165) is 28.8 Å². The van der Waals surface area contributed by atoms with E-state index >= 15 is 0 Å². The number of nitriles is 1. The molecule has 34 heavy (non-hydrogen) atoms. The minimum atomic E-state index is -1.09. The van der Waals surface area contributed by atoms with Crippen LogP contribution in [0.3, 0.4) is 0 Å². The number of hydrogen-bond donors (Lipinski definition) is 0. The van der Waals surface area contributed by atoms with Crippen LogP contribution in [-0.4, -0.2) is 54.7 Å². The van der Waals surface area contributed by atoms with E-state index in [1.165, 1.54) is 22.0 Å². The van der Waals surface area contributed by atoms with E-state index in [1.807, 2.05) is 6.07 Å². The monoisotopic (exact) mass is 501 g/mol. The van der Waals surface area contributed by atoms with E-state index in [2.05, 4.69) is 15.3 Å². The van der Waals surface area contributed by atoms with Crippen LogP contribution < -0.4 is 4.90 Å². The number of aryl methyl sites for hydroxylation is 1. The van der Waals surface area contributed by atoms with Gasteiger partial charge in [-0.15, -0.1) is 16.9 Å². The number of halogens is 3. The molecule has 5 rings (SSSR count). The zero-order chi connectivity index (χ0) is 24.1. The number of carbonyl (C=O) groups is 2. The lowest BCUT2D eigenvalue weighted by Crippen LogP contribution is -2.62. The molecule has 3 aromatic rings. The summed E-state index contributed by atoms with van der Waals surface area (Å²) in [6.07, 6.45) is 4.51. The minimum absolute atomic E-state index is 0.0227. The van der Waals surface area contributed by atoms with Crippen LogP contribution in [0, 0.1) is 23.0 Å². The SMILES string of the molecule is Cn1nnc2cncc(N3C(=O)C4SC(c5cc(F)c(F)cc5Cl)=CC4N(CCC#N)C3=O)c21. The average molecular weight is 502 g/mol. The largest absolute Gasteiger partial charge is 0.332 e. The van der Waals surface area contributed by atoms with Crippen LogP contribution >= 0.6 is 23.4 Å². The molecule has 0 bridgehead atoms. The molecular formula is C21H14ClF2N7O2S. The quantitative estimate of drug-likeness (QED) is 0.503. The molecule has 1 saturated heterocycles. The van der Waals surface area contributed by atoms with Crippen LogP contribution in [0.15, 0.2) is 30.6 Å². The van der Waals surface area contributed by atoms with E-state index in [-0.39, 0.29) is 29.2 Å². The molecule has 0 spiro atoms. The third kappa shape index (κ3) is 3.39. The first-order valence-electron chi connectivity index (χ1n) is 10.00. The number of nitrogens with zero attached hydrogens (tertiary/aromatic N) is 7. The highest BCUT2D eigenvalue weighted by Crippen LogP contribution is 2.47. The van der Waals surface area contributed by atoms with Gasteiger partial charge in [0.05, 0.1) is 41.6 Å².